The van der Waals surface area contributed by atoms with Gasteiger partial charge in [-0.05, 0) is 36.4 Å². The molecule has 0 saturated heterocycles. The molecule has 0 bridgehead atoms. The number of carbonyl (C=O) groups excluding carboxylic acids is 1. The van der Waals surface area contributed by atoms with Gasteiger partial charge in [-0.3, -0.25) is 14.2 Å². The van der Waals surface area contributed by atoms with Crippen LogP contribution in [0.2, 0.25) is 0 Å². The van der Waals surface area contributed by atoms with Crippen LogP contribution in [0.15, 0.2) is 58.2 Å². The third-order valence-electron chi connectivity index (χ3n) is 4.57. The molecule has 29 heavy (non-hydrogen) atoms. The van der Waals surface area contributed by atoms with Gasteiger partial charge in [0.05, 0.1) is 15.8 Å². The summed E-state index contributed by atoms with van der Waals surface area (Å²) in [7, 11) is 1.04. The standard InChI is InChI=1S/C20H22N4O4S/c1-23(2)29(27,28)15-10-8-14(9-11-15)21-19(25)13-12-18-22-17-7-5-4-6-16(17)20(26)24(18)3/h4-11H,12-13H2,1-3H3,(H,21,25). The van der Waals surface area contributed by atoms with Crippen LogP contribution in [0.3, 0.4) is 0 Å². The minimum atomic E-state index is -3.52. The zero-order chi connectivity index (χ0) is 21.2. The summed E-state index contributed by atoms with van der Waals surface area (Å²) in [6.45, 7) is 0. The molecular weight excluding hydrogens is 392 g/mol. The first-order valence-corrected chi connectivity index (χ1v) is 10.4. The van der Waals surface area contributed by atoms with Crippen molar-refractivity contribution in [3.05, 3.63) is 64.7 Å². The number of benzene rings is 2. The molecule has 0 spiro atoms. The smallest absolute Gasteiger partial charge is 0.261 e. The number of amides is 1. The molecule has 0 saturated carbocycles. The molecule has 0 radical (unpaired) electrons. The Labute approximate surface area is 168 Å². The third-order valence-corrected chi connectivity index (χ3v) is 6.40. The number of aromatic nitrogens is 2. The molecule has 3 rings (SSSR count). The van der Waals surface area contributed by atoms with E-state index in [0.717, 1.165) is 4.31 Å². The summed E-state index contributed by atoms with van der Waals surface area (Å²) in [6.07, 6.45) is 0.436. The van der Waals surface area contributed by atoms with Crippen LogP contribution in [0, 0.1) is 0 Å². The molecule has 1 N–H and O–H groups in total. The van der Waals surface area contributed by atoms with Gasteiger partial charge in [0.15, 0.2) is 0 Å². The predicted octanol–water partition coefficient (Wildman–Crippen LogP) is 1.76. The van der Waals surface area contributed by atoms with Crippen molar-refractivity contribution >= 4 is 32.5 Å². The Kier molecular flexibility index (Phi) is 5.81. The van der Waals surface area contributed by atoms with Crippen molar-refractivity contribution in [1.29, 1.82) is 0 Å². The average Bonchev–Trinajstić information content (AvgIpc) is 2.70. The number of hydrogen-bond donors (Lipinski definition) is 1. The number of hydrogen-bond acceptors (Lipinski definition) is 5. The molecule has 0 aliphatic carbocycles. The monoisotopic (exact) mass is 414 g/mol. The Morgan fingerprint density at radius 1 is 1.10 bits per heavy atom. The molecule has 0 aliphatic rings. The molecule has 3 aromatic rings. The highest BCUT2D eigenvalue weighted by atomic mass is 32.2. The fourth-order valence-electron chi connectivity index (χ4n) is 2.86. The van der Waals surface area contributed by atoms with E-state index in [4.69, 9.17) is 0 Å². The van der Waals surface area contributed by atoms with Crippen LogP contribution in [0.25, 0.3) is 10.9 Å². The van der Waals surface area contributed by atoms with Gasteiger partial charge in [-0.15, -0.1) is 0 Å². The van der Waals surface area contributed by atoms with Crippen molar-refractivity contribution in [2.75, 3.05) is 19.4 Å². The maximum atomic E-state index is 12.4. The lowest BCUT2D eigenvalue weighted by Gasteiger charge is -2.12. The van der Waals surface area contributed by atoms with Crippen LogP contribution in [-0.2, 0) is 28.3 Å². The van der Waals surface area contributed by atoms with Gasteiger partial charge in [-0.2, -0.15) is 0 Å². The Bertz CT molecular complexity index is 1220. The summed E-state index contributed by atoms with van der Waals surface area (Å²) in [5.41, 5.74) is 0.945. The van der Waals surface area contributed by atoms with Gasteiger partial charge < -0.3 is 5.32 Å². The molecule has 9 heteroatoms. The highest BCUT2D eigenvalue weighted by molar-refractivity contribution is 7.89. The molecule has 0 fully saturated rings. The van der Waals surface area contributed by atoms with E-state index in [1.165, 1.54) is 42.9 Å². The molecule has 1 aromatic heterocycles. The molecule has 0 unspecified atom stereocenters. The number of para-hydroxylation sites is 1. The Balaban J connectivity index is 1.69. The highest BCUT2D eigenvalue weighted by Gasteiger charge is 2.17. The average molecular weight is 414 g/mol. The molecule has 1 amide bonds. The maximum Gasteiger partial charge on any atom is 0.261 e. The van der Waals surface area contributed by atoms with E-state index in [1.54, 1.807) is 25.2 Å². The summed E-state index contributed by atoms with van der Waals surface area (Å²) < 4.78 is 26.7. The maximum absolute atomic E-state index is 12.4. The van der Waals surface area contributed by atoms with Crippen molar-refractivity contribution in [1.82, 2.24) is 13.9 Å². The number of nitrogens with one attached hydrogen (secondary N) is 1. The predicted molar refractivity (Wildman–Crippen MR) is 111 cm³/mol. The van der Waals surface area contributed by atoms with E-state index in [9.17, 15) is 18.0 Å². The van der Waals surface area contributed by atoms with Crippen LogP contribution < -0.4 is 10.9 Å². The number of aryl methyl sites for hydroxylation is 1. The van der Waals surface area contributed by atoms with Gasteiger partial charge in [0, 0.05) is 39.7 Å². The normalized spacial score (nSPS) is 11.7. The second-order valence-corrected chi connectivity index (χ2v) is 8.92. The second kappa shape index (κ2) is 8.14. The van der Waals surface area contributed by atoms with Crippen LogP contribution in [0.1, 0.15) is 12.2 Å². The summed E-state index contributed by atoms with van der Waals surface area (Å²) in [4.78, 5) is 29.3. The number of rotatable bonds is 6. The lowest BCUT2D eigenvalue weighted by Crippen LogP contribution is -2.23. The van der Waals surface area contributed by atoms with Gasteiger partial charge >= 0.3 is 0 Å². The number of fused-ring (bicyclic) bond motifs is 1. The van der Waals surface area contributed by atoms with Gasteiger partial charge in [0.1, 0.15) is 5.82 Å². The van der Waals surface area contributed by atoms with E-state index in [2.05, 4.69) is 10.3 Å². The van der Waals surface area contributed by atoms with Crippen molar-refractivity contribution in [3.8, 4) is 0 Å². The van der Waals surface area contributed by atoms with Crippen molar-refractivity contribution in [3.63, 3.8) is 0 Å². The van der Waals surface area contributed by atoms with E-state index in [-0.39, 0.29) is 22.8 Å². The minimum absolute atomic E-state index is 0.135. The summed E-state index contributed by atoms with van der Waals surface area (Å²) in [5, 5.41) is 3.27. The lowest BCUT2D eigenvalue weighted by atomic mass is 10.2. The molecule has 0 aliphatic heterocycles. The number of carbonyl (C=O) groups is 1. The Morgan fingerprint density at radius 3 is 2.41 bits per heavy atom. The minimum Gasteiger partial charge on any atom is -0.326 e. The van der Waals surface area contributed by atoms with Crippen LogP contribution >= 0.6 is 0 Å². The molecule has 152 valence electrons. The summed E-state index contributed by atoms with van der Waals surface area (Å²) >= 11 is 0. The molecule has 8 nitrogen and oxygen atoms in total. The van der Waals surface area contributed by atoms with E-state index < -0.39 is 10.0 Å². The SMILES string of the molecule is CN(C)S(=O)(=O)c1ccc(NC(=O)CCc2nc3ccccc3c(=O)n2C)cc1. The first-order valence-electron chi connectivity index (χ1n) is 8.97. The fourth-order valence-corrected chi connectivity index (χ4v) is 3.76. The highest BCUT2D eigenvalue weighted by Crippen LogP contribution is 2.17. The lowest BCUT2D eigenvalue weighted by molar-refractivity contribution is -0.116. The van der Waals surface area contributed by atoms with Gasteiger partial charge in [0.2, 0.25) is 15.9 Å². The summed E-state index contributed by atoms with van der Waals surface area (Å²) in [5.74, 6) is 0.270. The van der Waals surface area contributed by atoms with Crippen molar-refractivity contribution < 1.29 is 13.2 Å². The molecule has 0 atom stereocenters. The second-order valence-electron chi connectivity index (χ2n) is 6.77. The molecule has 2 aromatic carbocycles. The quantitative estimate of drug-likeness (QED) is 0.662. The molecule has 1 heterocycles. The fraction of sp³-hybridized carbons (Fsp3) is 0.250. The van der Waals surface area contributed by atoms with Gasteiger partial charge in [0.25, 0.3) is 5.56 Å². The van der Waals surface area contributed by atoms with Crippen molar-refractivity contribution in [2.24, 2.45) is 7.05 Å². The topological polar surface area (TPSA) is 101 Å². The van der Waals surface area contributed by atoms with Gasteiger partial charge in [-0.25, -0.2) is 17.7 Å². The van der Waals surface area contributed by atoms with E-state index in [0.29, 0.717) is 28.8 Å². The Hall–Kier alpha value is -3.04. The number of sulfonamides is 1. The first-order chi connectivity index (χ1) is 13.7. The number of nitrogens with zero attached hydrogens (tertiary/aromatic N) is 3. The van der Waals surface area contributed by atoms with E-state index in [1.807, 2.05) is 6.07 Å². The van der Waals surface area contributed by atoms with Crippen LogP contribution in [0.5, 0.6) is 0 Å². The van der Waals surface area contributed by atoms with Crippen LogP contribution in [0.4, 0.5) is 5.69 Å². The van der Waals surface area contributed by atoms with E-state index >= 15 is 0 Å². The zero-order valence-corrected chi connectivity index (χ0v) is 17.2. The first kappa shape index (κ1) is 20.7. The zero-order valence-electron chi connectivity index (χ0n) is 16.4. The molecular formula is C20H22N4O4S. The number of anilines is 1. The Morgan fingerprint density at radius 2 is 1.76 bits per heavy atom. The summed E-state index contributed by atoms with van der Waals surface area (Å²) in [6, 6.07) is 13.1. The largest absolute Gasteiger partial charge is 0.326 e. The van der Waals surface area contributed by atoms with Crippen LogP contribution in [-0.4, -0.2) is 42.3 Å². The van der Waals surface area contributed by atoms with Gasteiger partial charge in [-0.1, -0.05) is 12.1 Å². The van der Waals surface area contributed by atoms with Crippen molar-refractivity contribution in [2.45, 2.75) is 17.7 Å². The third kappa shape index (κ3) is 4.36.